The van der Waals surface area contributed by atoms with Gasteiger partial charge >= 0.3 is 0 Å². The van der Waals surface area contributed by atoms with Crippen molar-refractivity contribution in [2.45, 2.75) is 19.3 Å². The lowest BCUT2D eigenvalue weighted by atomic mass is 10.1. The highest BCUT2D eigenvalue weighted by atomic mass is 16.4. The first kappa shape index (κ1) is 22.9. The topological polar surface area (TPSA) is 163 Å². The quantitative estimate of drug-likeness (QED) is 0.375. The molecule has 0 fully saturated rings. The van der Waals surface area contributed by atoms with Gasteiger partial charge in [-0.15, -0.1) is 0 Å². The molecule has 10 heteroatoms. The molecule has 0 spiro atoms. The molecule has 31 heavy (non-hydrogen) atoms. The van der Waals surface area contributed by atoms with E-state index in [0.717, 1.165) is 0 Å². The maximum atomic E-state index is 11.8. The summed E-state index contributed by atoms with van der Waals surface area (Å²) in [5, 5.41) is 29.4. The molecule has 0 aliphatic heterocycles. The Balaban J connectivity index is 1.73. The van der Waals surface area contributed by atoms with Gasteiger partial charge in [-0.2, -0.15) is 10.2 Å². The van der Waals surface area contributed by atoms with Crippen LogP contribution < -0.4 is 21.1 Å². The van der Waals surface area contributed by atoms with E-state index in [-0.39, 0.29) is 41.5 Å². The van der Waals surface area contributed by atoms with Gasteiger partial charge in [-0.1, -0.05) is 48.5 Å². The number of amides is 2. The van der Waals surface area contributed by atoms with Crippen molar-refractivity contribution in [3.63, 3.8) is 0 Å². The van der Waals surface area contributed by atoms with Gasteiger partial charge in [0.1, 0.15) is 0 Å². The van der Waals surface area contributed by atoms with E-state index < -0.39 is 23.8 Å². The van der Waals surface area contributed by atoms with Crippen LogP contribution in [0.15, 0.2) is 58.7 Å². The fourth-order valence-electron chi connectivity index (χ4n) is 2.46. The van der Waals surface area contributed by atoms with Crippen molar-refractivity contribution in [3.8, 4) is 0 Å². The van der Waals surface area contributed by atoms with Crippen molar-refractivity contribution in [3.05, 3.63) is 70.8 Å². The number of rotatable bonds is 10. The predicted molar refractivity (Wildman–Crippen MR) is 107 cm³/mol. The average Bonchev–Trinajstić information content (AvgIpc) is 2.74. The van der Waals surface area contributed by atoms with Crippen LogP contribution in [-0.2, 0) is 9.59 Å². The number of nitrogens with zero attached hydrogens (tertiary/aromatic N) is 2. The zero-order valence-corrected chi connectivity index (χ0v) is 16.2. The third-order valence-corrected chi connectivity index (χ3v) is 3.95. The van der Waals surface area contributed by atoms with Crippen molar-refractivity contribution in [1.82, 2.24) is 10.9 Å². The lowest BCUT2D eigenvalue weighted by Gasteiger charge is -2.06. The van der Waals surface area contributed by atoms with Crippen LogP contribution in [0.1, 0.15) is 51.1 Å². The van der Waals surface area contributed by atoms with Crippen molar-refractivity contribution >= 4 is 36.2 Å². The molecule has 2 aromatic carbocycles. The molecule has 0 bridgehead atoms. The number of carbonyl (C=O) groups excluding carboxylic acids is 4. The van der Waals surface area contributed by atoms with Gasteiger partial charge in [0.2, 0.25) is 11.8 Å². The third-order valence-electron chi connectivity index (χ3n) is 3.95. The summed E-state index contributed by atoms with van der Waals surface area (Å²) in [6, 6.07) is 12.1. The zero-order valence-electron chi connectivity index (χ0n) is 16.2. The van der Waals surface area contributed by atoms with Crippen LogP contribution in [0.25, 0.3) is 0 Å². The molecule has 0 aromatic heterocycles. The molecule has 2 amide bonds. The minimum absolute atomic E-state index is 0.00409. The molecule has 0 radical (unpaired) electrons. The molecule has 160 valence electrons. The second kappa shape index (κ2) is 11.6. The van der Waals surface area contributed by atoms with Crippen LogP contribution in [0.4, 0.5) is 0 Å². The van der Waals surface area contributed by atoms with E-state index in [2.05, 4.69) is 21.1 Å². The third kappa shape index (κ3) is 7.54. The number of hydrogen-bond donors (Lipinski definition) is 2. The first-order chi connectivity index (χ1) is 14.9. The molecule has 10 nitrogen and oxygen atoms in total. The highest BCUT2D eigenvalue weighted by molar-refractivity contribution is 5.98. The lowest BCUT2D eigenvalue weighted by molar-refractivity contribution is -0.256. The first-order valence-electron chi connectivity index (χ1n) is 9.13. The molecular weight excluding hydrogens is 404 g/mol. The Morgan fingerprint density at radius 2 is 1.10 bits per heavy atom. The summed E-state index contributed by atoms with van der Waals surface area (Å²) >= 11 is 0. The van der Waals surface area contributed by atoms with Crippen LogP contribution >= 0.6 is 0 Å². The van der Waals surface area contributed by atoms with Gasteiger partial charge in [0.15, 0.2) is 0 Å². The second-order valence-electron chi connectivity index (χ2n) is 6.19. The smallest absolute Gasteiger partial charge is 0.240 e. The van der Waals surface area contributed by atoms with E-state index in [1.165, 1.54) is 48.8 Å². The number of benzene rings is 2. The van der Waals surface area contributed by atoms with Crippen LogP contribution in [0.2, 0.25) is 0 Å². The molecule has 0 unspecified atom stereocenters. The molecule has 0 aliphatic rings. The summed E-state index contributed by atoms with van der Waals surface area (Å²) in [4.78, 5) is 45.5. The van der Waals surface area contributed by atoms with Crippen molar-refractivity contribution in [2.24, 2.45) is 10.2 Å². The first-order valence-corrected chi connectivity index (χ1v) is 9.13. The normalized spacial score (nSPS) is 10.8. The van der Waals surface area contributed by atoms with Crippen molar-refractivity contribution in [1.29, 1.82) is 0 Å². The number of carbonyl (C=O) groups is 4. The lowest BCUT2D eigenvalue weighted by Crippen LogP contribution is -2.24. The number of aromatic carboxylic acids is 2. The minimum Gasteiger partial charge on any atom is -0.545 e. The van der Waals surface area contributed by atoms with Gasteiger partial charge in [-0.3, -0.25) is 9.59 Å². The maximum absolute atomic E-state index is 11.8. The molecule has 2 rings (SSSR count). The number of carboxylic acids is 2. The minimum atomic E-state index is -1.36. The Morgan fingerprint density at radius 1 is 0.710 bits per heavy atom. The van der Waals surface area contributed by atoms with E-state index in [4.69, 9.17) is 0 Å². The van der Waals surface area contributed by atoms with E-state index in [1.807, 2.05) is 0 Å². The largest absolute Gasteiger partial charge is 0.545 e. The zero-order chi connectivity index (χ0) is 22.6. The summed E-state index contributed by atoms with van der Waals surface area (Å²) in [5.41, 5.74) is 4.94. The van der Waals surface area contributed by atoms with E-state index in [9.17, 15) is 29.4 Å². The van der Waals surface area contributed by atoms with Gasteiger partial charge in [0.25, 0.3) is 0 Å². The number of hydrazone groups is 2. The van der Waals surface area contributed by atoms with E-state index >= 15 is 0 Å². The second-order valence-corrected chi connectivity index (χ2v) is 6.19. The predicted octanol–water partition coefficient (Wildman–Crippen LogP) is -0.816. The van der Waals surface area contributed by atoms with E-state index in [1.54, 1.807) is 12.1 Å². The van der Waals surface area contributed by atoms with E-state index in [0.29, 0.717) is 0 Å². The van der Waals surface area contributed by atoms with Crippen molar-refractivity contribution < 1.29 is 29.4 Å². The van der Waals surface area contributed by atoms with Crippen LogP contribution in [-0.4, -0.2) is 36.2 Å². The summed E-state index contributed by atoms with van der Waals surface area (Å²) in [6.45, 7) is 0. The molecule has 0 aliphatic carbocycles. The van der Waals surface area contributed by atoms with Gasteiger partial charge in [0, 0.05) is 35.1 Å². The summed E-state index contributed by atoms with van der Waals surface area (Å²) in [7, 11) is 0. The molecule has 0 saturated heterocycles. The Labute approximate surface area is 177 Å². The standard InChI is InChI=1S/C21H20N4O6/c26-18(24-22-12-14-6-1-3-8-16(14)20(28)29)10-5-11-19(27)25-23-13-15-7-2-4-9-17(15)21(30)31/h1-4,6-9,12-13H,5,10-11H2,(H,24,26)(H,25,27)(H,28,29)(H,30,31)/p-2/b22-12-,23-13-. The van der Waals surface area contributed by atoms with Gasteiger partial charge in [0.05, 0.1) is 24.4 Å². The van der Waals surface area contributed by atoms with Gasteiger partial charge < -0.3 is 19.8 Å². The fraction of sp³-hybridized carbons (Fsp3) is 0.143. The fourth-order valence-corrected chi connectivity index (χ4v) is 2.46. The van der Waals surface area contributed by atoms with Gasteiger partial charge in [-0.05, 0) is 6.42 Å². The summed E-state index contributed by atoms with van der Waals surface area (Å²) < 4.78 is 0. The summed E-state index contributed by atoms with van der Waals surface area (Å²) in [5.74, 6) is -3.63. The molecule has 0 atom stereocenters. The van der Waals surface area contributed by atoms with Crippen LogP contribution in [0, 0.1) is 0 Å². The monoisotopic (exact) mass is 422 g/mol. The average molecular weight is 422 g/mol. The molecular formula is C21H18N4O6-2. The Morgan fingerprint density at radius 3 is 1.48 bits per heavy atom. The Kier molecular flexibility index (Phi) is 8.59. The van der Waals surface area contributed by atoms with Crippen LogP contribution in [0.5, 0.6) is 0 Å². The maximum Gasteiger partial charge on any atom is 0.240 e. The van der Waals surface area contributed by atoms with Gasteiger partial charge in [-0.25, -0.2) is 10.9 Å². The molecule has 0 saturated carbocycles. The molecule has 2 N–H and O–H groups in total. The summed E-state index contributed by atoms with van der Waals surface area (Å²) in [6.07, 6.45) is 2.60. The number of hydrogen-bond acceptors (Lipinski definition) is 8. The number of nitrogens with one attached hydrogen (secondary N) is 2. The number of carboxylic acid groups (broad SMARTS) is 2. The Hall–Kier alpha value is -4.34. The molecule has 2 aromatic rings. The molecule has 0 heterocycles. The highest BCUT2D eigenvalue weighted by Gasteiger charge is 2.05. The van der Waals surface area contributed by atoms with Crippen LogP contribution in [0.3, 0.4) is 0 Å². The SMILES string of the molecule is O=C(CCCC(=O)N/N=C\c1ccccc1C(=O)[O-])N/N=C\c1ccccc1C(=O)[O-]. The Bertz CT molecular complexity index is 951. The highest BCUT2D eigenvalue weighted by Crippen LogP contribution is 2.05. The van der Waals surface area contributed by atoms with Crippen molar-refractivity contribution in [2.75, 3.05) is 0 Å².